The molecular formula is C40H50O3. The predicted molar refractivity (Wildman–Crippen MR) is 182 cm³/mol. The molecule has 3 heteroatoms. The normalized spacial score (nSPS) is 23.7. The molecule has 2 N–H and O–H groups in total. The van der Waals surface area contributed by atoms with Crippen molar-refractivity contribution >= 4 is 5.78 Å². The number of ketones is 1. The minimum absolute atomic E-state index is 0.0943. The summed E-state index contributed by atoms with van der Waals surface area (Å²) in [6.07, 6.45) is 20.9. The van der Waals surface area contributed by atoms with Crippen molar-refractivity contribution in [2.24, 2.45) is 10.8 Å². The number of allylic oxidation sites excluding steroid dienone is 16. The number of carbonyl (C=O) groups is 1. The quantitative estimate of drug-likeness (QED) is 0.245. The fourth-order valence-corrected chi connectivity index (χ4v) is 5.51. The molecule has 2 atom stereocenters. The second-order valence-corrected chi connectivity index (χ2v) is 13.2. The Balaban J connectivity index is 1.96. The highest BCUT2D eigenvalue weighted by molar-refractivity contribution is 6.00. The summed E-state index contributed by atoms with van der Waals surface area (Å²) in [5.74, 6) is 12.8. The van der Waals surface area contributed by atoms with Crippen LogP contribution in [0.5, 0.6) is 0 Å². The Morgan fingerprint density at radius 3 is 1.67 bits per heavy atom. The van der Waals surface area contributed by atoms with E-state index in [1.807, 2.05) is 77.2 Å². The minimum atomic E-state index is -0.934. The molecule has 0 saturated heterocycles. The summed E-state index contributed by atoms with van der Waals surface area (Å²) in [5, 5.41) is 20.1. The average molecular weight is 579 g/mol. The van der Waals surface area contributed by atoms with Crippen molar-refractivity contribution < 1.29 is 15.0 Å². The largest absolute Gasteiger partial charge is 0.393 e. The zero-order chi connectivity index (χ0) is 32.4. The van der Waals surface area contributed by atoms with E-state index in [0.29, 0.717) is 18.4 Å². The fraction of sp³-hybridized carbons (Fsp3) is 0.425. The highest BCUT2D eigenvalue weighted by Crippen LogP contribution is 2.40. The summed E-state index contributed by atoms with van der Waals surface area (Å²) < 4.78 is 0. The van der Waals surface area contributed by atoms with E-state index in [4.69, 9.17) is 0 Å². The third kappa shape index (κ3) is 11.2. The van der Waals surface area contributed by atoms with E-state index in [1.165, 1.54) is 5.57 Å². The topological polar surface area (TPSA) is 57.5 Å². The van der Waals surface area contributed by atoms with Crippen molar-refractivity contribution in [1.29, 1.82) is 0 Å². The molecule has 3 nitrogen and oxygen atoms in total. The number of rotatable bonds is 6. The molecule has 0 heterocycles. The summed E-state index contributed by atoms with van der Waals surface area (Å²) in [6.45, 7) is 20.3. The standard InChI is InChI=1S/C40H50O3/c1-28(17-13-19-30(3)21-23-35-32(5)25-34(41)26-39(35,7)8)15-11-12-16-29(2)18-14-20-31(4)22-24-36-33(6)38(43)37(42)27-40(36,9)10/h11-20,34,37,41-42H,25-27H2,1-10H3. The van der Waals surface area contributed by atoms with E-state index in [-0.39, 0.29) is 22.7 Å². The van der Waals surface area contributed by atoms with Gasteiger partial charge in [-0.2, -0.15) is 0 Å². The number of hydrogen-bond donors (Lipinski definition) is 2. The van der Waals surface area contributed by atoms with Crippen LogP contribution >= 0.6 is 0 Å². The van der Waals surface area contributed by atoms with Gasteiger partial charge < -0.3 is 10.2 Å². The fourth-order valence-electron chi connectivity index (χ4n) is 5.51. The van der Waals surface area contributed by atoms with Crippen LogP contribution in [-0.4, -0.2) is 28.2 Å². The molecule has 0 aliphatic heterocycles. The van der Waals surface area contributed by atoms with E-state index in [9.17, 15) is 15.0 Å². The smallest absolute Gasteiger partial charge is 0.187 e. The first-order valence-electron chi connectivity index (χ1n) is 15.1. The van der Waals surface area contributed by atoms with Crippen LogP contribution in [0.4, 0.5) is 0 Å². The molecule has 228 valence electrons. The molecule has 2 aliphatic rings. The summed E-state index contributed by atoms with van der Waals surface area (Å²) in [6, 6.07) is 0. The van der Waals surface area contributed by atoms with Crippen LogP contribution in [0.15, 0.2) is 105 Å². The lowest BCUT2D eigenvalue weighted by Gasteiger charge is -2.34. The van der Waals surface area contributed by atoms with Crippen molar-refractivity contribution in [3.63, 3.8) is 0 Å². The monoisotopic (exact) mass is 578 g/mol. The Kier molecular flexibility index (Phi) is 13.0. The third-order valence-corrected chi connectivity index (χ3v) is 7.83. The molecule has 0 spiro atoms. The van der Waals surface area contributed by atoms with Crippen LogP contribution in [-0.2, 0) is 4.79 Å². The molecule has 0 aromatic carbocycles. The van der Waals surface area contributed by atoms with Crippen LogP contribution in [0.2, 0.25) is 0 Å². The van der Waals surface area contributed by atoms with Crippen LogP contribution in [0.3, 0.4) is 0 Å². The summed E-state index contributed by atoms with van der Waals surface area (Å²) in [4.78, 5) is 12.2. The van der Waals surface area contributed by atoms with Crippen molar-refractivity contribution in [2.45, 2.75) is 101 Å². The van der Waals surface area contributed by atoms with Gasteiger partial charge in [-0.05, 0) is 72.0 Å². The molecule has 0 saturated carbocycles. The molecule has 0 aromatic heterocycles. The third-order valence-electron chi connectivity index (χ3n) is 7.83. The van der Waals surface area contributed by atoms with Gasteiger partial charge in [0.05, 0.1) is 6.10 Å². The maximum absolute atomic E-state index is 12.2. The van der Waals surface area contributed by atoms with Gasteiger partial charge in [0.25, 0.3) is 0 Å². The second kappa shape index (κ2) is 15.7. The molecule has 0 bridgehead atoms. The Morgan fingerprint density at radius 1 is 0.721 bits per heavy atom. The highest BCUT2D eigenvalue weighted by Gasteiger charge is 2.37. The van der Waals surface area contributed by atoms with Gasteiger partial charge in [0.2, 0.25) is 0 Å². The summed E-state index contributed by atoms with van der Waals surface area (Å²) in [5.41, 5.74) is 7.45. The van der Waals surface area contributed by atoms with E-state index in [0.717, 1.165) is 39.9 Å². The van der Waals surface area contributed by atoms with Crippen LogP contribution < -0.4 is 0 Å². The van der Waals surface area contributed by atoms with Gasteiger partial charge in [-0.1, -0.05) is 129 Å². The average Bonchev–Trinajstić information content (AvgIpc) is 2.88. The molecular weight excluding hydrogens is 528 g/mol. The van der Waals surface area contributed by atoms with Crippen LogP contribution in [0, 0.1) is 34.5 Å². The minimum Gasteiger partial charge on any atom is -0.393 e. The van der Waals surface area contributed by atoms with Crippen molar-refractivity contribution in [3.8, 4) is 23.7 Å². The summed E-state index contributed by atoms with van der Waals surface area (Å²) in [7, 11) is 0. The van der Waals surface area contributed by atoms with Gasteiger partial charge in [0, 0.05) is 27.5 Å². The SMILES string of the molecule is CC(C#CC1=C(C)CC(O)CC1(C)C)=CC=CC(C)=CC=CC=C(C)C=CC=C(C)C#CC1=C(C)C(=O)C(O)CC1(C)C. The number of Topliss-reactive ketones (excluding diaryl/α,β-unsaturated/α-hetero) is 1. The van der Waals surface area contributed by atoms with Gasteiger partial charge in [-0.15, -0.1) is 0 Å². The summed E-state index contributed by atoms with van der Waals surface area (Å²) >= 11 is 0. The Morgan fingerprint density at radius 2 is 1.19 bits per heavy atom. The van der Waals surface area contributed by atoms with Gasteiger partial charge >= 0.3 is 0 Å². The number of aliphatic hydroxyl groups is 2. The molecule has 43 heavy (non-hydrogen) atoms. The number of carbonyl (C=O) groups excluding carboxylic acids is 1. The molecule has 0 amide bonds. The Bertz CT molecular complexity index is 1480. The first kappa shape index (κ1) is 35.6. The lowest BCUT2D eigenvalue weighted by Crippen LogP contribution is -2.35. The number of aliphatic hydroxyl groups excluding tert-OH is 2. The van der Waals surface area contributed by atoms with Crippen LogP contribution in [0.1, 0.15) is 88.5 Å². The van der Waals surface area contributed by atoms with Crippen molar-refractivity contribution in [2.75, 3.05) is 0 Å². The molecule has 2 aliphatic carbocycles. The molecule has 0 radical (unpaired) electrons. The Hall–Kier alpha value is -3.63. The highest BCUT2D eigenvalue weighted by atomic mass is 16.3. The van der Waals surface area contributed by atoms with E-state index in [1.54, 1.807) is 6.92 Å². The maximum Gasteiger partial charge on any atom is 0.187 e. The van der Waals surface area contributed by atoms with Gasteiger partial charge in [-0.25, -0.2) is 0 Å². The molecule has 0 fully saturated rings. The molecule has 2 unspecified atom stereocenters. The van der Waals surface area contributed by atoms with E-state index >= 15 is 0 Å². The van der Waals surface area contributed by atoms with Gasteiger partial charge in [-0.3, -0.25) is 4.79 Å². The lowest BCUT2D eigenvalue weighted by atomic mass is 9.71. The Labute approximate surface area is 261 Å². The predicted octanol–water partition coefficient (Wildman–Crippen LogP) is 8.62. The first-order chi connectivity index (χ1) is 20.0. The first-order valence-corrected chi connectivity index (χ1v) is 15.1. The maximum atomic E-state index is 12.2. The van der Waals surface area contributed by atoms with Gasteiger partial charge in [0.15, 0.2) is 5.78 Å². The zero-order valence-corrected chi connectivity index (χ0v) is 27.9. The van der Waals surface area contributed by atoms with Crippen molar-refractivity contribution in [3.05, 3.63) is 105 Å². The number of hydrogen-bond acceptors (Lipinski definition) is 3. The van der Waals surface area contributed by atoms with E-state index in [2.05, 4.69) is 69.6 Å². The van der Waals surface area contributed by atoms with E-state index < -0.39 is 6.10 Å². The van der Waals surface area contributed by atoms with Crippen molar-refractivity contribution in [1.82, 2.24) is 0 Å². The van der Waals surface area contributed by atoms with Crippen LogP contribution in [0.25, 0.3) is 0 Å². The molecule has 2 rings (SSSR count). The van der Waals surface area contributed by atoms with Gasteiger partial charge in [0.1, 0.15) is 6.10 Å². The zero-order valence-electron chi connectivity index (χ0n) is 27.9. The lowest BCUT2D eigenvalue weighted by molar-refractivity contribution is -0.125. The molecule has 0 aromatic rings. The second-order valence-electron chi connectivity index (χ2n) is 13.2.